The lowest BCUT2D eigenvalue weighted by Gasteiger charge is -2.15. The first-order chi connectivity index (χ1) is 14.5. The Morgan fingerprint density at radius 2 is 1.90 bits per heavy atom. The van der Waals surface area contributed by atoms with E-state index in [2.05, 4.69) is 33.4 Å². The zero-order valence-corrected chi connectivity index (χ0v) is 18.5. The van der Waals surface area contributed by atoms with Crippen molar-refractivity contribution in [2.45, 2.75) is 57.6 Å². The Balaban J connectivity index is 1.72. The van der Waals surface area contributed by atoms with Crippen LogP contribution in [-0.2, 0) is 24.0 Å². The van der Waals surface area contributed by atoms with Crippen molar-refractivity contribution in [3.05, 3.63) is 17.8 Å². The Kier molecular flexibility index (Phi) is 8.48. The Morgan fingerprint density at radius 3 is 2.48 bits per heavy atom. The van der Waals surface area contributed by atoms with Gasteiger partial charge in [0.25, 0.3) is 11.8 Å². The summed E-state index contributed by atoms with van der Waals surface area (Å²) in [4.78, 5) is 51.0. The Bertz CT molecular complexity index is 850. The van der Waals surface area contributed by atoms with Gasteiger partial charge >= 0.3 is 5.97 Å². The minimum atomic E-state index is -0.691. The standard InChI is InChI=1S/C19H25N5O6S/c1-12(20-22-14(25)11-19(2,3)31)13-6-7-15(23-21-13)29-10-4-5-18(28)30-24-16(26)8-9-17(24)27/h6-7,31H,4-5,8-11H2,1-3H3,(H,22,25)/b20-12-. The molecular weight excluding hydrogens is 426 g/mol. The molecule has 1 aromatic heterocycles. The second-order valence-corrected chi connectivity index (χ2v) is 8.69. The first-order valence-electron chi connectivity index (χ1n) is 9.64. The zero-order chi connectivity index (χ0) is 23.0. The average molecular weight is 452 g/mol. The number of amides is 3. The minimum absolute atomic E-state index is 0.0306. The monoisotopic (exact) mass is 451 g/mol. The van der Waals surface area contributed by atoms with E-state index in [4.69, 9.17) is 9.57 Å². The van der Waals surface area contributed by atoms with E-state index in [1.54, 1.807) is 19.1 Å². The molecule has 0 unspecified atom stereocenters. The summed E-state index contributed by atoms with van der Waals surface area (Å²) in [5.74, 6) is -1.74. The largest absolute Gasteiger partial charge is 0.477 e. The maximum Gasteiger partial charge on any atom is 0.333 e. The number of hydrogen-bond donors (Lipinski definition) is 2. The number of ether oxygens (including phenoxy) is 1. The van der Waals surface area contributed by atoms with E-state index in [0.29, 0.717) is 22.9 Å². The number of hydrogen-bond acceptors (Lipinski definition) is 10. The first kappa shape index (κ1) is 24.3. The van der Waals surface area contributed by atoms with Crippen molar-refractivity contribution in [3.63, 3.8) is 0 Å². The van der Waals surface area contributed by atoms with Gasteiger partial charge in [0.2, 0.25) is 11.8 Å². The van der Waals surface area contributed by atoms with Crippen LogP contribution in [0, 0.1) is 0 Å². The van der Waals surface area contributed by atoms with Crippen LogP contribution >= 0.6 is 12.6 Å². The molecule has 0 spiro atoms. The predicted octanol–water partition coefficient (Wildman–Crippen LogP) is 1.18. The number of thiol groups is 1. The Labute approximate surface area is 184 Å². The summed E-state index contributed by atoms with van der Waals surface area (Å²) in [5.41, 5.74) is 3.38. The molecule has 1 aliphatic heterocycles. The van der Waals surface area contributed by atoms with Crippen LogP contribution in [0.5, 0.6) is 5.88 Å². The van der Waals surface area contributed by atoms with Crippen molar-refractivity contribution in [1.82, 2.24) is 20.7 Å². The van der Waals surface area contributed by atoms with Gasteiger partial charge in [0.05, 0.1) is 18.7 Å². The van der Waals surface area contributed by atoms with Crippen LogP contribution < -0.4 is 10.2 Å². The van der Waals surface area contributed by atoms with E-state index in [0.717, 1.165) is 0 Å². The second-order valence-electron chi connectivity index (χ2n) is 7.48. The summed E-state index contributed by atoms with van der Waals surface area (Å²) in [5, 5.41) is 12.4. The number of hydroxylamine groups is 2. The highest BCUT2D eigenvalue weighted by Gasteiger charge is 2.32. The maximum atomic E-state index is 11.8. The van der Waals surface area contributed by atoms with Crippen molar-refractivity contribution in [2.75, 3.05) is 6.61 Å². The molecule has 1 saturated heterocycles. The SMILES string of the molecule is C/C(=N/NC(=O)CC(C)(C)S)c1ccc(OCCCC(=O)ON2C(=O)CCC2=O)nn1. The Hall–Kier alpha value is -3.02. The minimum Gasteiger partial charge on any atom is -0.477 e. The first-order valence-corrected chi connectivity index (χ1v) is 10.1. The third-order valence-corrected chi connectivity index (χ3v) is 4.08. The highest BCUT2D eigenvalue weighted by atomic mass is 32.1. The third-order valence-electron chi connectivity index (χ3n) is 3.93. The number of nitrogens with zero attached hydrogens (tertiary/aromatic N) is 4. The number of carbonyl (C=O) groups excluding carboxylic acids is 4. The van der Waals surface area contributed by atoms with E-state index < -0.39 is 22.5 Å². The highest BCUT2D eigenvalue weighted by molar-refractivity contribution is 7.81. The lowest BCUT2D eigenvalue weighted by Crippen LogP contribution is -2.32. The molecule has 12 heteroatoms. The van der Waals surface area contributed by atoms with E-state index in [1.165, 1.54) is 0 Å². The van der Waals surface area contributed by atoms with Gasteiger partial charge in [0.1, 0.15) is 5.69 Å². The molecule has 1 aliphatic rings. The van der Waals surface area contributed by atoms with Crippen LogP contribution in [0.2, 0.25) is 0 Å². The zero-order valence-electron chi connectivity index (χ0n) is 17.6. The molecule has 1 aromatic rings. The van der Waals surface area contributed by atoms with Crippen LogP contribution in [-0.4, -0.2) is 56.0 Å². The quantitative estimate of drug-likeness (QED) is 0.178. The molecule has 3 amide bonds. The van der Waals surface area contributed by atoms with E-state index >= 15 is 0 Å². The fraction of sp³-hybridized carbons (Fsp3) is 0.526. The predicted molar refractivity (Wildman–Crippen MR) is 112 cm³/mol. The van der Waals surface area contributed by atoms with Gasteiger partial charge < -0.3 is 9.57 Å². The molecule has 1 N–H and O–H groups in total. The number of carbonyl (C=O) groups is 4. The summed E-state index contributed by atoms with van der Waals surface area (Å²) in [7, 11) is 0. The van der Waals surface area contributed by atoms with Crippen molar-refractivity contribution in [2.24, 2.45) is 5.10 Å². The van der Waals surface area contributed by atoms with Crippen LogP contribution in [0.25, 0.3) is 0 Å². The number of imide groups is 1. The van der Waals surface area contributed by atoms with Crippen molar-refractivity contribution >= 4 is 42.0 Å². The molecule has 0 saturated carbocycles. The normalized spacial score (nSPS) is 14.6. The second kappa shape index (κ2) is 10.8. The molecule has 1 fully saturated rings. The van der Waals surface area contributed by atoms with Crippen LogP contribution in [0.1, 0.15) is 58.6 Å². The van der Waals surface area contributed by atoms with Gasteiger partial charge in [0.15, 0.2) is 0 Å². The fourth-order valence-electron chi connectivity index (χ4n) is 2.42. The van der Waals surface area contributed by atoms with Gasteiger partial charge in [-0.05, 0) is 19.4 Å². The molecule has 11 nitrogen and oxygen atoms in total. The number of nitrogens with one attached hydrogen (secondary N) is 1. The summed E-state index contributed by atoms with van der Waals surface area (Å²) >= 11 is 4.30. The van der Waals surface area contributed by atoms with Gasteiger partial charge in [0, 0.05) is 30.1 Å². The highest BCUT2D eigenvalue weighted by Crippen LogP contribution is 2.16. The molecule has 0 atom stereocenters. The van der Waals surface area contributed by atoms with Gasteiger partial charge in [-0.2, -0.15) is 17.7 Å². The molecule has 0 aromatic carbocycles. The molecule has 0 bridgehead atoms. The Morgan fingerprint density at radius 1 is 1.23 bits per heavy atom. The van der Waals surface area contributed by atoms with Gasteiger partial charge in [-0.3, -0.25) is 14.4 Å². The smallest absolute Gasteiger partial charge is 0.333 e. The van der Waals surface area contributed by atoms with Gasteiger partial charge in [-0.25, -0.2) is 10.2 Å². The maximum absolute atomic E-state index is 11.8. The van der Waals surface area contributed by atoms with Crippen molar-refractivity contribution in [1.29, 1.82) is 0 Å². The third kappa shape index (κ3) is 8.32. The number of hydrazone groups is 1. The summed E-state index contributed by atoms with van der Waals surface area (Å²) in [6.45, 7) is 5.50. The molecular formula is C19H25N5O6S. The molecule has 0 radical (unpaired) electrons. The summed E-state index contributed by atoms with van der Waals surface area (Å²) in [6, 6.07) is 3.22. The molecule has 168 valence electrons. The summed E-state index contributed by atoms with van der Waals surface area (Å²) in [6.07, 6.45) is 0.579. The van der Waals surface area contributed by atoms with E-state index in [1.807, 2.05) is 13.8 Å². The average Bonchev–Trinajstić information content (AvgIpc) is 3.00. The molecule has 31 heavy (non-hydrogen) atoms. The van der Waals surface area contributed by atoms with E-state index in [-0.39, 0.29) is 44.1 Å². The van der Waals surface area contributed by atoms with Gasteiger partial charge in [-0.1, -0.05) is 13.8 Å². The number of rotatable bonds is 10. The lowest BCUT2D eigenvalue weighted by atomic mass is 10.1. The molecule has 0 aliphatic carbocycles. The van der Waals surface area contributed by atoms with Crippen LogP contribution in [0.3, 0.4) is 0 Å². The van der Waals surface area contributed by atoms with Crippen molar-refractivity contribution < 1.29 is 28.8 Å². The number of aromatic nitrogens is 2. The van der Waals surface area contributed by atoms with Crippen LogP contribution in [0.4, 0.5) is 0 Å². The topological polar surface area (TPSA) is 140 Å². The lowest BCUT2D eigenvalue weighted by molar-refractivity contribution is -0.197. The summed E-state index contributed by atoms with van der Waals surface area (Å²) < 4.78 is 4.97. The van der Waals surface area contributed by atoms with Crippen molar-refractivity contribution in [3.8, 4) is 5.88 Å². The van der Waals surface area contributed by atoms with E-state index in [9.17, 15) is 19.2 Å². The van der Waals surface area contributed by atoms with Crippen LogP contribution in [0.15, 0.2) is 17.2 Å². The van der Waals surface area contributed by atoms with Gasteiger partial charge in [-0.15, -0.1) is 15.3 Å². The molecule has 2 rings (SSSR count). The fourth-order valence-corrected chi connectivity index (χ4v) is 2.57. The molecule has 2 heterocycles.